The van der Waals surface area contributed by atoms with Crippen LogP contribution in [0.2, 0.25) is 0 Å². The van der Waals surface area contributed by atoms with Crippen LogP contribution in [0.3, 0.4) is 0 Å². The fourth-order valence-corrected chi connectivity index (χ4v) is 2.58. The first-order valence-electron chi connectivity index (χ1n) is 5.73. The van der Waals surface area contributed by atoms with Gasteiger partial charge in [0.1, 0.15) is 5.75 Å². The van der Waals surface area contributed by atoms with Crippen LogP contribution < -0.4 is 9.47 Å². The summed E-state index contributed by atoms with van der Waals surface area (Å²) in [6.45, 7) is 0. The normalized spacial score (nSPS) is 10.2. The molecule has 6 nitrogen and oxygen atoms in total. The van der Waals surface area contributed by atoms with Crippen molar-refractivity contribution in [2.45, 2.75) is 10.6 Å². The van der Waals surface area contributed by atoms with E-state index in [1.807, 2.05) is 24.3 Å². The summed E-state index contributed by atoms with van der Waals surface area (Å²) in [5.41, 5.74) is 0.932. The zero-order chi connectivity index (χ0) is 14.5. The van der Waals surface area contributed by atoms with Crippen LogP contribution in [0.4, 0.5) is 5.69 Å². The lowest BCUT2D eigenvalue weighted by molar-refractivity contribution is -0.608. The molecule has 0 radical (unpaired) electrons. The summed E-state index contributed by atoms with van der Waals surface area (Å²) < 4.78 is 5.62. The van der Waals surface area contributed by atoms with E-state index in [2.05, 4.69) is 0 Å². The highest BCUT2D eigenvalue weighted by Gasteiger charge is 2.17. The number of thioether (sulfide) groups is 1. The van der Waals surface area contributed by atoms with Crippen LogP contribution in [0, 0.1) is 15.3 Å². The van der Waals surface area contributed by atoms with Gasteiger partial charge in [-0.15, -0.1) is 11.8 Å². The number of hydrogen-bond acceptors (Lipinski definition) is 5. The van der Waals surface area contributed by atoms with Crippen LogP contribution in [0.25, 0.3) is 0 Å². The first-order chi connectivity index (χ1) is 9.60. The minimum absolute atomic E-state index is 0.0596. The average Bonchev–Trinajstić information content (AvgIpc) is 2.45. The Hall–Kier alpha value is -2.28. The Morgan fingerprint density at radius 2 is 2.00 bits per heavy atom. The number of benzene rings is 1. The second kappa shape index (κ2) is 6.25. The average molecular weight is 292 g/mol. The first kappa shape index (κ1) is 14.1. The van der Waals surface area contributed by atoms with Crippen molar-refractivity contribution in [2.75, 3.05) is 7.11 Å². The first-order valence-corrected chi connectivity index (χ1v) is 6.71. The van der Waals surface area contributed by atoms with Crippen molar-refractivity contribution in [2.24, 2.45) is 0 Å². The van der Waals surface area contributed by atoms with Crippen molar-refractivity contribution < 1.29 is 14.4 Å². The number of aromatic nitrogens is 1. The fraction of sp³-hybridized carbons (Fsp3) is 0.154. The predicted octanol–water partition coefficient (Wildman–Crippen LogP) is 2.53. The van der Waals surface area contributed by atoms with E-state index in [1.165, 1.54) is 24.0 Å². The standard InChI is InChI=1S/C13H12N2O4S/c1-19-11-4-2-10(3-5-11)9-20-13-8-14(16)7-6-12(13)15(17)18/h2-8H,9H2,1H3. The molecule has 2 aromatic rings. The second-order valence-electron chi connectivity index (χ2n) is 3.95. The molecule has 2 rings (SSSR count). The molecular weight excluding hydrogens is 280 g/mol. The molecule has 0 amide bonds. The summed E-state index contributed by atoms with van der Waals surface area (Å²) >= 11 is 1.25. The van der Waals surface area contributed by atoms with Gasteiger partial charge in [-0.1, -0.05) is 12.1 Å². The zero-order valence-corrected chi connectivity index (χ0v) is 11.5. The molecule has 0 fully saturated rings. The third kappa shape index (κ3) is 3.39. The largest absolute Gasteiger partial charge is 0.619 e. The van der Waals surface area contributed by atoms with Gasteiger partial charge in [0.25, 0.3) is 5.69 Å². The Balaban J connectivity index is 2.13. The predicted molar refractivity (Wildman–Crippen MR) is 74.6 cm³/mol. The van der Waals surface area contributed by atoms with Gasteiger partial charge in [-0.2, -0.15) is 4.73 Å². The smallest absolute Gasteiger partial charge is 0.295 e. The fourth-order valence-electron chi connectivity index (χ4n) is 1.60. The van der Waals surface area contributed by atoms with Gasteiger partial charge in [-0.05, 0) is 17.7 Å². The molecule has 1 aromatic carbocycles. The van der Waals surface area contributed by atoms with Gasteiger partial charge in [0.2, 0.25) is 6.20 Å². The molecule has 1 heterocycles. The monoisotopic (exact) mass is 292 g/mol. The van der Waals surface area contributed by atoms with Crippen LogP contribution in [0.1, 0.15) is 5.56 Å². The molecule has 0 saturated heterocycles. The number of hydrogen-bond donors (Lipinski definition) is 0. The zero-order valence-electron chi connectivity index (χ0n) is 10.7. The Bertz CT molecular complexity index is 616. The number of methoxy groups -OCH3 is 1. The molecule has 0 saturated carbocycles. The van der Waals surface area contributed by atoms with Crippen LogP contribution in [0.15, 0.2) is 47.6 Å². The molecule has 0 aliphatic carbocycles. The molecule has 0 aliphatic rings. The highest BCUT2D eigenvalue weighted by atomic mass is 32.2. The van der Waals surface area contributed by atoms with Gasteiger partial charge in [-0.3, -0.25) is 10.1 Å². The quantitative estimate of drug-likeness (QED) is 0.278. The molecular formula is C13H12N2O4S. The van der Waals surface area contributed by atoms with Crippen molar-refractivity contribution in [3.8, 4) is 5.75 Å². The van der Waals surface area contributed by atoms with Crippen molar-refractivity contribution in [3.05, 3.63) is 63.6 Å². The van der Waals surface area contributed by atoms with E-state index in [0.29, 0.717) is 15.4 Å². The summed E-state index contributed by atoms with van der Waals surface area (Å²) in [6.07, 6.45) is 2.34. The second-order valence-corrected chi connectivity index (χ2v) is 4.97. The van der Waals surface area contributed by atoms with Crippen molar-refractivity contribution in [1.82, 2.24) is 0 Å². The van der Waals surface area contributed by atoms with Crippen LogP contribution in [-0.2, 0) is 5.75 Å². The Kier molecular flexibility index (Phi) is 4.41. The number of rotatable bonds is 5. The van der Waals surface area contributed by atoms with Gasteiger partial charge in [0.05, 0.1) is 18.1 Å². The van der Waals surface area contributed by atoms with Crippen molar-refractivity contribution in [3.63, 3.8) is 0 Å². The Labute approximate surface area is 119 Å². The molecule has 1 aromatic heterocycles. The maximum atomic E-state index is 11.2. The Morgan fingerprint density at radius 1 is 1.30 bits per heavy atom. The van der Waals surface area contributed by atoms with Crippen molar-refractivity contribution in [1.29, 1.82) is 0 Å². The molecule has 0 spiro atoms. The van der Waals surface area contributed by atoms with E-state index in [0.717, 1.165) is 17.5 Å². The molecule has 7 heteroatoms. The van der Waals surface area contributed by atoms with E-state index in [-0.39, 0.29) is 5.69 Å². The van der Waals surface area contributed by atoms with Gasteiger partial charge in [0.15, 0.2) is 11.1 Å². The summed E-state index contributed by atoms with van der Waals surface area (Å²) in [6, 6.07) is 8.62. The minimum Gasteiger partial charge on any atom is -0.619 e. The SMILES string of the molecule is COc1ccc(CSc2c[n+]([O-])ccc2[N+](=O)[O-])cc1. The third-order valence-electron chi connectivity index (χ3n) is 2.63. The van der Waals surface area contributed by atoms with Crippen LogP contribution >= 0.6 is 11.8 Å². The molecule has 0 unspecified atom stereocenters. The van der Waals surface area contributed by atoms with E-state index < -0.39 is 4.92 Å². The number of pyridine rings is 1. The lowest BCUT2D eigenvalue weighted by Crippen LogP contribution is -2.24. The number of nitrogens with zero attached hydrogens (tertiary/aromatic N) is 2. The van der Waals surface area contributed by atoms with Gasteiger partial charge >= 0.3 is 0 Å². The van der Waals surface area contributed by atoms with Gasteiger partial charge in [0, 0.05) is 5.75 Å². The van der Waals surface area contributed by atoms with E-state index in [9.17, 15) is 15.3 Å². The molecule has 104 valence electrons. The number of nitro groups is 1. The molecule has 0 N–H and O–H groups in total. The van der Waals surface area contributed by atoms with E-state index in [4.69, 9.17) is 4.74 Å². The third-order valence-corrected chi connectivity index (χ3v) is 3.73. The summed E-state index contributed by atoms with van der Waals surface area (Å²) in [5, 5.41) is 22.1. The lowest BCUT2D eigenvalue weighted by Gasteiger charge is -2.04. The molecule has 20 heavy (non-hydrogen) atoms. The summed E-state index contributed by atoms with van der Waals surface area (Å²) in [7, 11) is 1.59. The van der Waals surface area contributed by atoms with Gasteiger partial charge < -0.3 is 9.94 Å². The molecule has 0 bridgehead atoms. The lowest BCUT2D eigenvalue weighted by atomic mass is 10.2. The summed E-state index contributed by atoms with van der Waals surface area (Å²) in [4.78, 5) is 10.8. The van der Waals surface area contributed by atoms with Gasteiger partial charge in [-0.25, -0.2) is 0 Å². The topological polar surface area (TPSA) is 79.3 Å². The Morgan fingerprint density at radius 3 is 2.60 bits per heavy atom. The highest BCUT2D eigenvalue weighted by Crippen LogP contribution is 2.30. The highest BCUT2D eigenvalue weighted by molar-refractivity contribution is 7.98. The maximum absolute atomic E-state index is 11.2. The van der Waals surface area contributed by atoms with Crippen molar-refractivity contribution >= 4 is 17.4 Å². The van der Waals surface area contributed by atoms with Crippen LogP contribution in [0.5, 0.6) is 5.75 Å². The molecule has 0 atom stereocenters. The van der Waals surface area contributed by atoms with Crippen LogP contribution in [-0.4, -0.2) is 12.0 Å². The maximum Gasteiger partial charge on any atom is 0.295 e. The summed E-state index contributed by atoms with van der Waals surface area (Å²) in [5.74, 6) is 1.29. The van der Waals surface area contributed by atoms with E-state index in [1.54, 1.807) is 7.11 Å². The minimum atomic E-state index is -0.490. The van der Waals surface area contributed by atoms with E-state index >= 15 is 0 Å². The number of ether oxygens (including phenoxy) is 1. The molecule has 0 aliphatic heterocycles.